The molecule has 0 unspecified atom stereocenters. The highest BCUT2D eigenvalue weighted by atomic mass is 32.2. The number of rotatable bonds is 2. The highest BCUT2D eigenvalue weighted by molar-refractivity contribution is 8.08. The summed E-state index contributed by atoms with van der Waals surface area (Å²) in [5.74, 6) is 0.857. The van der Waals surface area contributed by atoms with E-state index in [1.54, 1.807) is 23.9 Å². The third-order valence-corrected chi connectivity index (χ3v) is 3.23. The van der Waals surface area contributed by atoms with E-state index in [0.717, 1.165) is 22.6 Å². The summed E-state index contributed by atoms with van der Waals surface area (Å²) < 4.78 is 39.5. The number of hydrogen-bond acceptors (Lipinski definition) is 2. The Morgan fingerprint density at radius 2 is 1.81 bits per heavy atom. The first kappa shape index (κ1) is 11.4. The van der Waals surface area contributed by atoms with E-state index in [4.69, 9.17) is 0 Å². The summed E-state index contributed by atoms with van der Waals surface area (Å²) in [4.78, 5) is 1.12. The van der Waals surface area contributed by atoms with Crippen LogP contribution in [-0.4, -0.2) is 12.1 Å². The molecule has 0 saturated carbocycles. The maximum atomic E-state index is 11.9. The van der Waals surface area contributed by atoms with E-state index in [-0.39, 0.29) is 5.75 Å². The number of benzene rings is 1. The fourth-order valence-electron chi connectivity index (χ4n) is 1.44. The van der Waals surface area contributed by atoms with E-state index in [1.807, 2.05) is 0 Å². The average Bonchev–Trinajstić information content (AvgIpc) is 2.69. The van der Waals surface area contributed by atoms with Gasteiger partial charge in [-0.25, -0.2) is 0 Å². The maximum absolute atomic E-state index is 11.9. The molecule has 1 aromatic rings. The third kappa shape index (κ3) is 2.95. The van der Waals surface area contributed by atoms with E-state index in [1.165, 1.54) is 12.1 Å². The fraction of sp³-hybridized carbons (Fsp3) is 0.273. The summed E-state index contributed by atoms with van der Waals surface area (Å²) in [5, 5.41) is 0. The van der Waals surface area contributed by atoms with Crippen LogP contribution >= 0.6 is 11.8 Å². The van der Waals surface area contributed by atoms with Crippen molar-refractivity contribution in [3.05, 3.63) is 35.9 Å². The molecule has 0 radical (unpaired) electrons. The van der Waals surface area contributed by atoms with Crippen molar-refractivity contribution in [3.8, 4) is 5.75 Å². The van der Waals surface area contributed by atoms with Crippen molar-refractivity contribution in [2.75, 3.05) is 5.75 Å². The minimum atomic E-state index is -4.62. The zero-order chi connectivity index (χ0) is 11.6. The summed E-state index contributed by atoms with van der Waals surface area (Å²) in [6, 6.07) is 5.96. The van der Waals surface area contributed by atoms with Gasteiger partial charge in [0.25, 0.3) is 0 Å². The van der Waals surface area contributed by atoms with Crippen LogP contribution in [-0.2, 0) is 0 Å². The van der Waals surface area contributed by atoms with Gasteiger partial charge < -0.3 is 4.74 Å². The number of alkyl halides is 3. The maximum Gasteiger partial charge on any atom is 0.573 e. The molecule has 1 heterocycles. The van der Waals surface area contributed by atoms with Gasteiger partial charge in [0.05, 0.1) is 0 Å². The Balaban J connectivity index is 2.10. The van der Waals surface area contributed by atoms with Gasteiger partial charge >= 0.3 is 6.36 Å². The Hall–Kier alpha value is -1.10. The number of halogens is 3. The second kappa shape index (κ2) is 4.41. The molecule has 5 heteroatoms. The lowest BCUT2D eigenvalue weighted by Gasteiger charge is -2.09. The molecule has 86 valence electrons. The lowest BCUT2D eigenvalue weighted by molar-refractivity contribution is -0.274. The van der Waals surface area contributed by atoms with Gasteiger partial charge in [0.2, 0.25) is 0 Å². The molecule has 2 rings (SSSR count). The Morgan fingerprint density at radius 1 is 1.12 bits per heavy atom. The Labute approximate surface area is 95.3 Å². The van der Waals surface area contributed by atoms with Crippen LogP contribution in [0.3, 0.4) is 0 Å². The van der Waals surface area contributed by atoms with Crippen molar-refractivity contribution in [3.63, 3.8) is 0 Å². The van der Waals surface area contributed by atoms with E-state index < -0.39 is 6.36 Å². The molecule has 0 saturated heterocycles. The number of ether oxygens (including phenoxy) is 1. The summed E-state index contributed by atoms with van der Waals surface area (Å²) in [7, 11) is 0. The van der Waals surface area contributed by atoms with Crippen LogP contribution in [0, 0.1) is 0 Å². The Bertz CT molecular complexity index is 395. The minimum Gasteiger partial charge on any atom is -0.406 e. The molecule has 16 heavy (non-hydrogen) atoms. The topological polar surface area (TPSA) is 9.23 Å². The van der Waals surface area contributed by atoms with Crippen molar-refractivity contribution in [1.29, 1.82) is 0 Å². The molecule has 1 nitrogen and oxygen atoms in total. The van der Waals surface area contributed by atoms with Gasteiger partial charge in [0.1, 0.15) is 5.75 Å². The predicted molar refractivity (Wildman–Crippen MR) is 58.2 cm³/mol. The van der Waals surface area contributed by atoms with Gasteiger partial charge in [-0.1, -0.05) is 18.2 Å². The van der Waals surface area contributed by atoms with Crippen LogP contribution < -0.4 is 4.74 Å². The molecule has 0 bridgehead atoms. The monoisotopic (exact) mass is 246 g/mol. The highest BCUT2D eigenvalue weighted by Gasteiger charge is 2.30. The second-order valence-electron chi connectivity index (χ2n) is 3.28. The van der Waals surface area contributed by atoms with Crippen molar-refractivity contribution in [2.45, 2.75) is 12.8 Å². The van der Waals surface area contributed by atoms with Gasteiger partial charge in [-0.3, -0.25) is 0 Å². The smallest absolute Gasteiger partial charge is 0.406 e. The van der Waals surface area contributed by atoms with Gasteiger partial charge in [-0.15, -0.1) is 24.9 Å². The minimum absolute atomic E-state index is 0.181. The summed E-state index contributed by atoms with van der Waals surface area (Å²) in [6.45, 7) is 0. The van der Waals surface area contributed by atoms with Crippen molar-refractivity contribution in [2.24, 2.45) is 0 Å². The van der Waals surface area contributed by atoms with Gasteiger partial charge in [0, 0.05) is 10.7 Å². The number of allylic oxidation sites excluding steroid dienone is 1. The normalized spacial score (nSPS) is 16.1. The summed E-state index contributed by atoms with van der Waals surface area (Å²) >= 11 is 1.71. The lowest BCUT2D eigenvalue weighted by atomic mass is 10.2. The summed E-state index contributed by atoms with van der Waals surface area (Å²) in [5.41, 5.74) is 0.942. The first-order chi connectivity index (χ1) is 7.54. The largest absolute Gasteiger partial charge is 0.573 e. The molecule has 0 fully saturated rings. The zero-order valence-corrected chi connectivity index (χ0v) is 9.07. The highest BCUT2D eigenvalue weighted by Crippen LogP contribution is 2.34. The fourth-order valence-corrected chi connectivity index (χ4v) is 2.43. The molecule has 1 aliphatic rings. The third-order valence-electron chi connectivity index (χ3n) is 2.08. The first-order valence-electron chi connectivity index (χ1n) is 4.74. The van der Waals surface area contributed by atoms with Gasteiger partial charge in [-0.05, 0) is 24.1 Å². The molecule has 1 aromatic carbocycles. The molecular weight excluding hydrogens is 237 g/mol. The predicted octanol–water partition coefficient (Wildman–Crippen LogP) is 4.06. The van der Waals surface area contributed by atoms with E-state index >= 15 is 0 Å². The van der Waals surface area contributed by atoms with Crippen LogP contribution in [0.1, 0.15) is 12.0 Å². The van der Waals surface area contributed by atoms with Crippen molar-refractivity contribution in [1.82, 2.24) is 0 Å². The van der Waals surface area contributed by atoms with E-state index in [9.17, 15) is 13.2 Å². The Kier molecular flexibility index (Phi) is 3.14. The van der Waals surface area contributed by atoms with Crippen LogP contribution in [0.5, 0.6) is 5.75 Å². The van der Waals surface area contributed by atoms with Gasteiger partial charge in [0.15, 0.2) is 0 Å². The molecule has 0 atom stereocenters. The zero-order valence-electron chi connectivity index (χ0n) is 8.25. The quantitative estimate of drug-likeness (QED) is 0.778. The average molecular weight is 246 g/mol. The van der Waals surface area contributed by atoms with E-state index in [0.29, 0.717) is 0 Å². The lowest BCUT2D eigenvalue weighted by Crippen LogP contribution is -2.16. The van der Waals surface area contributed by atoms with Crippen LogP contribution in [0.25, 0.3) is 4.91 Å². The standard InChI is InChI=1S/C11H9F3OS/c12-11(13,14)15-9-5-3-8(4-6-9)10-2-1-7-16-10/h2-6H,1,7H2. The van der Waals surface area contributed by atoms with Crippen molar-refractivity contribution < 1.29 is 17.9 Å². The van der Waals surface area contributed by atoms with Crippen LogP contribution in [0.15, 0.2) is 30.3 Å². The van der Waals surface area contributed by atoms with Crippen LogP contribution in [0.4, 0.5) is 13.2 Å². The molecule has 0 aromatic heterocycles. The molecule has 0 spiro atoms. The second-order valence-corrected chi connectivity index (χ2v) is 4.41. The van der Waals surface area contributed by atoms with Crippen LogP contribution in [0.2, 0.25) is 0 Å². The molecule has 0 amide bonds. The molecular formula is C11H9F3OS. The molecule has 1 aliphatic heterocycles. The first-order valence-corrected chi connectivity index (χ1v) is 5.72. The summed E-state index contributed by atoms with van der Waals surface area (Å²) in [6.07, 6.45) is -1.52. The molecule has 0 aliphatic carbocycles. The number of hydrogen-bond donors (Lipinski definition) is 0. The van der Waals surface area contributed by atoms with E-state index in [2.05, 4.69) is 10.8 Å². The number of thioether (sulfide) groups is 1. The van der Waals surface area contributed by atoms with Gasteiger partial charge in [-0.2, -0.15) is 0 Å². The SMILES string of the molecule is FC(F)(F)Oc1ccc(C2=CCCS2)cc1. The van der Waals surface area contributed by atoms with Crippen molar-refractivity contribution >= 4 is 16.7 Å². The Morgan fingerprint density at radius 3 is 2.31 bits per heavy atom. The molecule has 0 N–H and O–H groups in total.